The van der Waals surface area contributed by atoms with E-state index in [0.717, 1.165) is 12.1 Å². The number of hydrogen-bond acceptors (Lipinski definition) is 3. The van der Waals surface area contributed by atoms with Crippen molar-refractivity contribution in [3.63, 3.8) is 0 Å². The molecule has 0 aliphatic carbocycles. The highest BCUT2D eigenvalue weighted by molar-refractivity contribution is 5.96. The summed E-state index contributed by atoms with van der Waals surface area (Å²) in [5.74, 6) is -0.148. The Hall–Kier alpha value is -1.78. The minimum atomic E-state index is -0.216. The Bertz CT molecular complexity index is 435. The zero-order valence-corrected chi connectivity index (χ0v) is 8.90. The number of aromatic nitrogens is 1. The van der Waals surface area contributed by atoms with Crippen molar-refractivity contribution in [1.29, 1.82) is 0 Å². The summed E-state index contributed by atoms with van der Waals surface area (Å²) in [5, 5.41) is 11.3. The smallest absolute Gasteiger partial charge is 0.261 e. The minimum absolute atomic E-state index is 0.148. The molecular formula is C10H15N3O2. The van der Waals surface area contributed by atoms with E-state index in [1.807, 2.05) is 13.8 Å². The van der Waals surface area contributed by atoms with Crippen LogP contribution in [0.1, 0.15) is 24.6 Å². The van der Waals surface area contributed by atoms with Gasteiger partial charge in [-0.2, -0.15) is 0 Å². The van der Waals surface area contributed by atoms with E-state index in [-0.39, 0.29) is 17.0 Å². The van der Waals surface area contributed by atoms with Crippen molar-refractivity contribution in [2.45, 2.75) is 26.8 Å². The van der Waals surface area contributed by atoms with Gasteiger partial charge in [-0.1, -0.05) is 12.1 Å². The van der Waals surface area contributed by atoms with E-state index in [1.165, 1.54) is 0 Å². The summed E-state index contributed by atoms with van der Waals surface area (Å²) in [7, 11) is 0. The molecule has 0 amide bonds. The Balaban J connectivity index is 3.35. The second kappa shape index (κ2) is 4.63. The highest BCUT2D eigenvalue weighted by atomic mass is 16.4. The Morgan fingerprint density at radius 3 is 2.80 bits per heavy atom. The molecule has 1 aromatic heterocycles. The average molecular weight is 209 g/mol. The van der Waals surface area contributed by atoms with E-state index < -0.39 is 0 Å². The Morgan fingerprint density at radius 2 is 2.27 bits per heavy atom. The van der Waals surface area contributed by atoms with Gasteiger partial charge in [-0.05, 0) is 25.5 Å². The van der Waals surface area contributed by atoms with Crippen molar-refractivity contribution in [1.82, 2.24) is 4.57 Å². The Kier molecular flexibility index (Phi) is 3.49. The second-order valence-electron chi connectivity index (χ2n) is 3.33. The van der Waals surface area contributed by atoms with Gasteiger partial charge in [0.25, 0.3) is 5.56 Å². The quantitative estimate of drug-likeness (QED) is 0.332. The maximum Gasteiger partial charge on any atom is 0.261 e. The number of nitrogens with two attached hydrogens (primary N) is 1. The van der Waals surface area contributed by atoms with Crippen LogP contribution in [0.5, 0.6) is 0 Å². The fraction of sp³-hybridized carbons (Fsp3) is 0.400. The number of oxime groups is 1. The number of nitrogens with zero attached hydrogens (tertiary/aromatic N) is 2. The predicted octanol–water partition coefficient (Wildman–Crippen LogP) is 0.661. The van der Waals surface area contributed by atoms with Gasteiger partial charge in [0.2, 0.25) is 0 Å². The molecule has 0 aromatic carbocycles. The molecule has 82 valence electrons. The molecule has 0 radical (unpaired) electrons. The number of rotatable bonds is 3. The van der Waals surface area contributed by atoms with Crippen LogP contribution >= 0.6 is 0 Å². The van der Waals surface area contributed by atoms with Gasteiger partial charge in [0.1, 0.15) is 0 Å². The number of pyridine rings is 1. The third kappa shape index (κ3) is 2.18. The summed E-state index contributed by atoms with van der Waals surface area (Å²) < 4.78 is 1.62. The summed E-state index contributed by atoms with van der Waals surface area (Å²) >= 11 is 0. The van der Waals surface area contributed by atoms with Crippen LogP contribution in [0.3, 0.4) is 0 Å². The molecule has 1 aromatic rings. The molecule has 3 N–H and O–H groups in total. The van der Waals surface area contributed by atoms with Crippen LogP contribution in [-0.2, 0) is 6.54 Å². The molecule has 0 aliphatic heterocycles. The van der Waals surface area contributed by atoms with Gasteiger partial charge in [0.05, 0.1) is 5.56 Å². The first kappa shape index (κ1) is 11.3. The summed E-state index contributed by atoms with van der Waals surface area (Å²) in [6.45, 7) is 4.48. The number of amidine groups is 1. The van der Waals surface area contributed by atoms with Crippen LogP contribution in [0, 0.1) is 6.92 Å². The lowest BCUT2D eigenvalue weighted by molar-refractivity contribution is 0.318. The van der Waals surface area contributed by atoms with Crippen molar-refractivity contribution in [2.75, 3.05) is 0 Å². The molecule has 0 saturated heterocycles. The molecule has 0 bridgehead atoms. The maximum atomic E-state index is 11.9. The summed E-state index contributed by atoms with van der Waals surface area (Å²) in [5.41, 5.74) is 6.29. The highest BCUT2D eigenvalue weighted by Gasteiger charge is 2.08. The summed E-state index contributed by atoms with van der Waals surface area (Å²) in [6.07, 6.45) is 0.861. The topological polar surface area (TPSA) is 80.6 Å². The SMILES string of the molecule is CCCn1c(C)ccc(/C(N)=N/O)c1=O. The van der Waals surface area contributed by atoms with E-state index in [1.54, 1.807) is 16.7 Å². The van der Waals surface area contributed by atoms with E-state index in [4.69, 9.17) is 10.9 Å². The van der Waals surface area contributed by atoms with Gasteiger partial charge in [-0.25, -0.2) is 0 Å². The first-order valence-electron chi connectivity index (χ1n) is 4.80. The van der Waals surface area contributed by atoms with Crippen molar-refractivity contribution < 1.29 is 5.21 Å². The van der Waals surface area contributed by atoms with Crippen LogP contribution in [-0.4, -0.2) is 15.6 Å². The molecular weight excluding hydrogens is 194 g/mol. The molecule has 1 heterocycles. The van der Waals surface area contributed by atoms with E-state index >= 15 is 0 Å². The van der Waals surface area contributed by atoms with E-state index in [0.29, 0.717) is 6.54 Å². The van der Waals surface area contributed by atoms with Crippen LogP contribution < -0.4 is 11.3 Å². The summed E-state index contributed by atoms with van der Waals surface area (Å²) in [4.78, 5) is 11.9. The Labute approximate surface area is 87.8 Å². The molecule has 0 atom stereocenters. The van der Waals surface area contributed by atoms with Crippen LogP contribution in [0.15, 0.2) is 22.1 Å². The van der Waals surface area contributed by atoms with Crippen LogP contribution in [0.25, 0.3) is 0 Å². The van der Waals surface area contributed by atoms with Gasteiger partial charge in [-0.3, -0.25) is 4.79 Å². The fourth-order valence-electron chi connectivity index (χ4n) is 1.42. The Morgan fingerprint density at radius 1 is 1.60 bits per heavy atom. The first-order valence-corrected chi connectivity index (χ1v) is 4.80. The number of aryl methyl sites for hydroxylation is 1. The number of hydrogen-bond donors (Lipinski definition) is 2. The van der Waals surface area contributed by atoms with Crippen molar-refractivity contribution in [2.24, 2.45) is 10.9 Å². The van der Waals surface area contributed by atoms with Crippen molar-refractivity contribution in [3.05, 3.63) is 33.7 Å². The average Bonchev–Trinajstić information content (AvgIpc) is 2.23. The first-order chi connectivity index (χ1) is 7.11. The van der Waals surface area contributed by atoms with Crippen LogP contribution in [0.2, 0.25) is 0 Å². The predicted molar refractivity (Wildman–Crippen MR) is 58.2 cm³/mol. The monoisotopic (exact) mass is 209 g/mol. The van der Waals surface area contributed by atoms with Gasteiger partial charge in [-0.15, -0.1) is 0 Å². The van der Waals surface area contributed by atoms with E-state index in [2.05, 4.69) is 5.16 Å². The van der Waals surface area contributed by atoms with E-state index in [9.17, 15) is 4.79 Å². The molecule has 0 aliphatic rings. The van der Waals surface area contributed by atoms with Gasteiger partial charge in [0, 0.05) is 12.2 Å². The third-order valence-corrected chi connectivity index (χ3v) is 2.22. The zero-order valence-electron chi connectivity index (χ0n) is 8.90. The van der Waals surface area contributed by atoms with Crippen LogP contribution in [0.4, 0.5) is 0 Å². The normalized spacial score (nSPS) is 11.7. The maximum absolute atomic E-state index is 11.9. The lowest BCUT2D eigenvalue weighted by Gasteiger charge is -2.09. The molecule has 5 heteroatoms. The van der Waals surface area contributed by atoms with Gasteiger partial charge < -0.3 is 15.5 Å². The van der Waals surface area contributed by atoms with Gasteiger partial charge in [0.15, 0.2) is 5.84 Å². The molecule has 5 nitrogen and oxygen atoms in total. The lowest BCUT2D eigenvalue weighted by Crippen LogP contribution is -2.31. The molecule has 0 saturated carbocycles. The minimum Gasteiger partial charge on any atom is -0.409 e. The molecule has 0 spiro atoms. The fourth-order valence-corrected chi connectivity index (χ4v) is 1.42. The largest absolute Gasteiger partial charge is 0.409 e. The lowest BCUT2D eigenvalue weighted by atomic mass is 10.2. The molecule has 15 heavy (non-hydrogen) atoms. The van der Waals surface area contributed by atoms with Gasteiger partial charge >= 0.3 is 0 Å². The second-order valence-corrected chi connectivity index (χ2v) is 3.33. The molecule has 0 unspecified atom stereocenters. The standard InChI is InChI=1S/C10H15N3O2/c1-3-6-13-7(2)4-5-8(10(13)14)9(11)12-15/h4-5,15H,3,6H2,1-2H3,(H2,11,12). The molecule has 1 rings (SSSR count). The zero-order chi connectivity index (χ0) is 11.4. The third-order valence-electron chi connectivity index (χ3n) is 2.22. The van der Waals surface area contributed by atoms with Crippen molar-refractivity contribution >= 4 is 5.84 Å². The van der Waals surface area contributed by atoms with Crippen molar-refractivity contribution in [3.8, 4) is 0 Å². The summed E-state index contributed by atoms with van der Waals surface area (Å²) in [6, 6.07) is 3.35. The molecule has 0 fully saturated rings. The highest BCUT2D eigenvalue weighted by Crippen LogP contribution is 1.99.